The van der Waals surface area contributed by atoms with Gasteiger partial charge in [0.2, 0.25) is 0 Å². The predicted molar refractivity (Wildman–Crippen MR) is 112 cm³/mol. The lowest BCUT2D eigenvalue weighted by Gasteiger charge is -2.27. The smallest absolute Gasteiger partial charge is 0.0485 e. The minimum absolute atomic E-state index is 0.0756. The molecule has 128 valence electrons. The molecule has 0 saturated heterocycles. The summed E-state index contributed by atoms with van der Waals surface area (Å²) >= 11 is 0. The van der Waals surface area contributed by atoms with E-state index in [0.717, 1.165) is 6.42 Å². The molecule has 1 N–H and O–H groups in total. The molecule has 0 bridgehead atoms. The topological polar surface area (TPSA) is 12.0 Å². The highest BCUT2D eigenvalue weighted by molar-refractivity contribution is 5.91. The van der Waals surface area contributed by atoms with E-state index in [-0.39, 0.29) is 5.41 Å². The molecule has 0 amide bonds. The van der Waals surface area contributed by atoms with Crippen LogP contribution in [0.5, 0.6) is 0 Å². The fraction of sp³-hybridized carbons (Fsp3) is 0.200. The molecule has 0 spiro atoms. The van der Waals surface area contributed by atoms with Gasteiger partial charge in [0.05, 0.1) is 0 Å². The summed E-state index contributed by atoms with van der Waals surface area (Å²) in [5, 5.41) is 6.30. The first-order chi connectivity index (χ1) is 12.6. The molecule has 1 nitrogen and oxygen atoms in total. The Labute approximate surface area is 155 Å². The van der Waals surface area contributed by atoms with Crippen LogP contribution in [0, 0.1) is 0 Å². The summed E-state index contributed by atoms with van der Waals surface area (Å²) in [6.45, 7) is 4.69. The van der Waals surface area contributed by atoms with E-state index in [1.165, 1.54) is 38.7 Å². The maximum atomic E-state index is 3.73. The Morgan fingerprint density at radius 3 is 2.54 bits per heavy atom. The Morgan fingerprint density at radius 1 is 0.885 bits per heavy atom. The van der Waals surface area contributed by atoms with Crippen LogP contribution in [-0.2, 0) is 5.41 Å². The second-order valence-corrected chi connectivity index (χ2v) is 7.92. The molecule has 1 heteroatoms. The molecule has 3 aromatic rings. The van der Waals surface area contributed by atoms with Gasteiger partial charge in [-0.3, -0.25) is 0 Å². The summed E-state index contributed by atoms with van der Waals surface area (Å²) in [6, 6.07) is 24.4. The zero-order valence-electron chi connectivity index (χ0n) is 15.3. The highest BCUT2D eigenvalue weighted by atomic mass is 14.9. The molecule has 2 aliphatic rings. The van der Waals surface area contributed by atoms with Gasteiger partial charge in [0, 0.05) is 17.1 Å². The van der Waals surface area contributed by atoms with E-state index >= 15 is 0 Å². The van der Waals surface area contributed by atoms with Gasteiger partial charge in [0.1, 0.15) is 0 Å². The second kappa shape index (κ2) is 5.60. The average molecular weight is 337 g/mol. The van der Waals surface area contributed by atoms with Crippen LogP contribution in [0.2, 0.25) is 0 Å². The summed E-state index contributed by atoms with van der Waals surface area (Å²) in [5.74, 6) is 0. The van der Waals surface area contributed by atoms with Gasteiger partial charge in [0.15, 0.2) is 0 Å². The number of benzene rings is 3. The molecular weight excluding hydrogens is 314 g/mol. The third-order valence-corrected chi connectivity index (χ3v) is 5.90. The molecule has 2 aliphatic carbocycles. The number of rotatable bonds is 2. The second-order valence-electron chi connectivity index (χ2n) is 7.92. The molecule has 0 aromatic heterocycles. The third kappa shape index (κ3) is 2.31. The van der Waals surface area contributed by atoms with Gasteiger partial charge in [-0.1, -0.05) is 80.6 Å². The number of fused-ring (bicyclic) bond motifs is 4. The van der Waals surface area contributed by atoms with Crippen molar-refractivity contribution in [2.45, 2.75) is 31.7 Å². The fourth-order valence-corrected chi connectivity index (χ4v) is 4.52. The zero-order valence-corrected chi connectivity index (χ0v) is 15.3. The summed E-state index contributed by atoms with van der Waals surface area (Å²) in [6.07, 6.45) is 5.89. The van der Waals surface area contributed by atoms with E-state index in [4.69, 9.17) is 0 Å². The monoisotopic (exact) mass is 337 g/mol. The maximum Gasteiger partial charge on any atom is 0.0485 e. The van der Waals surface area contributed by atoms with Gasteiger partial charge >= 0.3 is 0 Å². The molecule has 0 aliphatic heterocycles. The van der Waals surface area contributed by atoms with Crippen LogP contribution in [-0.4, -0.2) is 6.04 Å². The molecule has 26 heavy (non-hydrogen) atoms. The summed E-state index contributed by atoms with van der Waals surface area (Å²) < 4.78 is 0. The van der Waals surface area contributed by atoms with Gasteiger partial charge in [-0.25, -0.2) is 0 Å². The van der Waals surface area contributed by atoms with Gasteiger partial charge in [-0.15, -0.1) is 0 Å². The molecule has 5 rings (SSSR count). The minimum Gasteiger partial charge on any atom is -0.378 e. The lowest BCUT2D eigenvalue weighted by Crippen LogP contribution is -2.23. The lowest BCUT2D eigenvalue weighted by atomic mass is 9.79. The molecule has 0 heterocycles. The van der Waals surface area contributed by atoms with E-state index < -0.39 is 0 Å². The largest absolute Gasteiger partial charge is 0.378 e. The predicted octanol–water partition coefficient (Wildman–Crippen LogP) is 6.33. The maximum absolute atomic E-state index is 3.73. The van der Waals surface area contributed by atoms with Crippen LogP contribution < -0.4 is 5.32 Å². The van der Waals surface area contributed by atoms with Crippen molar-refractivity contribution in [2.24, 2.45) is 0 Å². The minimum atomic E-state index is 0.0756. The van der Waals surface area contributed by atoms with Crippen molar-refractivity contribution in [3.63, 3.8) is 0 Å². The Balaban J connectivity index is 1.48. The summed E-state index contributed by atoms with van der Waals surface area (Å²) in [5.41, 5.74) is 7.02. The van der Waals surface area contributed by atoms with Crippen LogP contribution in [0.3, 0.4) is 0 Å². The number of anilines is 1. The van der Waals surface area contributed by atoms with Gasteiger partial charge in [0.25, 0.3) is 0 Å². The quantitative estimate of drug-likeness (QED) is 0.576. The average Bonchev–Trinajstić information content (AvgIpc) is 2.89. The van der Waals surface area contributed by atoms with Crippen LogP contribution in [0.15, 0.2) is 84.5 Å². The van der Waals surface area contributed by atoms with Crippen molar-refractivity contribution in [3.05, 3.63) is 95.6 Å². The van der Waals surface area contributed by atoms with Crippen molar-refractivity contribution in [1.82, 2.24) is 0 Å². The molecule has 0 saturated carbocycles. The van der Waals surface area contributed by atoms with E-state index in [1.54, 1.807) is 0 Å². The fourth-order valence-electron chi connectivity index (χ4n) is 4.52. The van der Waals surface area contributed by atoms with Crippen LogP contribution >= 0.6 is 0 Å². The highest BCUT2D eigenvalue weighted by Gasteiger charge is 2.39. The Bertz CT molecular complexity index is 1070. The van der Waals surface area contributed by atoms with E-state index in [1.807, 2.05) is 0 Å². The zero-order chi connectivity index (χ0) is 17.7. The van der Waals surface area contributed by atoms with Crippen molar-refractivity contribution >= 4 is 22.0 Å². The molecule has 1 atom stereocenters. The first-order valence-corrected chi connectivity index (χ1v) is 9.41. The number of hydrogen-bond donors (Lipinski definition) is 1. The number of hydrogen-bond acceptors (Lipinski definition) is 1. The highest BCUT2D eigenvalue weighted by Crippen LogP contribution is 2.51. The van der Waals surface area contributed by atoms with E-state index in [9.17, 15) is 0 Å². The van der Waals surface area contributed by atoms with Crippen molar-refractivity contribution in [3.8, 4) is 0 Å². The first kappa shape index (κ1) is 15.5. The molecule has 1 unspecified atom stereocenters. The molecular formula is C25H23N. The molecule has 0 radical (unpaired) electrons. The van der Waals surface area contributed by atoms with Crippen molar-refractivity contribution in [1.29, 1.82) is 0 Å². The standard InChI is InChI=1S/C25H23N/c1-25(2)23-10-6-5-9-21(23)22-14-13-20(16-24(22)25)26-19-12-11-17-7-3-4-8-18(17)15-19/h3-12,14-16,20,26H,13H2,1-2H3. The molecule has 3 aromatic carbocycles. The Hall–Kier alpha value is -2.80. The lowest BCUT2D eigenvalue weighted by molar-refractivity contribution is 0.650. The summed E-state index contributed by atoms with van der Waals surface area (Å²) in [7, 11) is 0. The van der Waals surface area contributed by atoms with Gasteiger partial charge in [-0.05, 0) is 51.6 Å². The third-order valence-electron chi connectivity index (χ3n) is 5.90. The van der Waals surface area contributed by atoms with E-state index in [2.05, 4.69) is 98.0 Å². The van der Waals surface area contributed by atoms with Crippen molar-refractivity contribution in [2.75, 3.05) is 5.32 Å². The van der Waals surface area contributed by atoms with Crippen LogP contribution in [0.1, 0.15) is 31.4 Å². The van der Waals surface area contributed by atoms with Crippen LogP contribution in [0.4, 0.5) is 5.69 Å². The first-order valence-electron chi connectivity index (χ1n) is 9.41. The summed E-state index contributed by atoms with van der Waals surface area (Å²) in [4.78, 5) is 0. The van der Waals surface area contributed by atoms with Gasteiger partial charge in [-0.2, -0.15) is 0 Å². The van der Waals surface area contributed by atoms with Gasteiger partial charge < -0.3 is 5.32 Å². The Morgan fingerprint density at radius 2 is 1.65 bits per heavy atom. The SMILES string of the molecule is CC1(C)C2=CC(Nc3ccc4ccccc4c3)CC=C2c2ccccc21. The van der Waals surface area contributed by atoms with E-state index in [0.29, 0.717) is 6.04 Å². The number of nitrogens with one attached hydrogen (secondary N) is 1. The van der Waals surface area contributed by atoms with Crippen LogP contribution in [0.25, 0.3) is 16.3 Å². The van der Waals surface area contributed by atoms with Crippen molar-refractivity contribution < 1.29 is 0 Å². The Kier molecular flexibility index (Phi) is 3.33. The molecule has 0 fully saturated rings. The normalized spacial score (nSPS) is 20.2. The number of allylic oxidation sites excluding steroid dienone is 2.